The summed E-state index contributed by atoms with van der Waals surface area (Å²) in [4.78, 5) is 10.9. The van der Waals surface area contributed by atoms with Gasteiger partial charge in [0.05, 0.1) is 0 Å². The summed E-state index contributed by atoms with van der Waals surface area (Å²) in [5, 5.41) is 0. The third-order valence-corrected chi connectivity index (χ3v) is 4.23. The molecule has 0 saturated heterocycles. The van der Waals surface area contributed by atoms with Crippen molar-refractivity contribution in [2.75, 3.05) is 0 Å². The first kappa shape index (κ1) is 19.5. The van der Waals surface area contributed by atoms with Gasteiger partial charge in [-0.3, -0.25) is 0 Å². The monoisotopic (exact) mass is 319 g/mol. The minimum absolute atomic E-state index is 0.604. The molecular weight excluding hydrogens is 286 g/mol. The third kappa shape index (κ3) is 9.98. The Balaban J connectivity index is 2.04. The van der Waals surface area contributed by atoms with Crippen LogP contribution in [-0.4, -0.2) is 6.09 Å². The van der Waals surface area contributed by atoms with E-state index >= 15 is 0 Å². The molecule has 0 fully saturated rings. The number of primary amides is 1. The first-order chi connectivity index (χ1) is 11.2. The Labute approximate surface area is 141 Å². The van der Waals surface area contributed by atoms with Crippen LogP contribution in [0.15, 0.2) is 24.3 Å². The minimum Gasteiger partial charge on any atom is -0.410 e. The quantitative estimate of drug-likeness (QED) is 0.453. The van der Waals surface area contributed by atoms with Gasteiger partial charge in [0.25, 0.3) is 0 Å². The van der Waals surface area contributed by atoms with Crippen molar-refractivity contribution >= 4 is 6.09 Å². The normalized spacial score (nSPS) is 10.7. The zero-order valence-corrected chi connectivity index (χ0v) is 14.7. The molecule has 0 saturated carbocycles. The van der Waals surface area contributed by atoms with Crippen molar-refractivity contribution in [1.29, 1.82) is 0 Å². The van der Waals surface area contributed by atoms with E-state index < -0.39 is 6.09 Å². The number of para-hydroxylation sites is 1. The van der Waals surface area contributed by atoms with Crippen LogP contribution >= 0.6 is 0 Å². The number of aryl methyl sites for hydroxylation is 1. The molecule has 0 atom stereocenters. The van der Waals surface area contributed by atoms with Crippen molar-refractivity contribution in [3.63, 3.8) is 0 Å². The van der Waals surface area contributed by atoms with Crippen molar-refractivity contribution in [3.8, 4) is 5.75 Å². The Bertz CT molecular complexity index is 431. The van der Waals surface area contributed by atoms with Gasteiger partial charge in [-0.15, -0.1) is 0 Å². The number of hydrogen-bond acceptors (Lipinski definition) is 2. The standard InChI is InChI=1S/C20H33NO2/c1-2-3-4-5-6-7-8-9-10-11-12-15-18-16-13-14-17-19(18)23-20(21)22/h13-14,16-17H,2-12,15H2,1H3,(H2,21,22). The fourth-order valence-corrected chi connectivity index (χ4v) is 2.90. The number of unbranched alkanes of at least 4 members (excludes halogenated alkanes) is 10. The number of benzene rings is 1. The number of carbonyl (C=O) groups is 1. The van der Waals surface area contributed by atoms with E-state index in [0.717, 1.165) is 18.4 Å². The van der Waals surface area contributed by atoms with E-state index in [-0.39, 0.29) is 0 Å². The lowest BCUT2D eigenvalue weighted by Gasteiger charge is -2.08. The highest BCUT2D eigenvalue weighted by atomic mass is 16.5. The first-order valence-electron chi connectivity index (χ1n) is 9.29. The topological polar surface area (TPSA) is 52.3 Å². The molecule has 0 heterocycles. The Morgan fingerprint density at radius 3 is 1.96 bits per heavy atom. The molecule has 2 N–H and O–H groups in total. The van der Waals surface area contributed by atoms with Gasteiger partial charge in [0, 0.05) is 0 Å². The largest absolute Gasteiger partial charge is 0.410 e. The lowest BCUT2D eigenvalue weighted by Crippen LogP contribution is -2.17. The van der Waals surface area contributed by atoms with Crippen molar-refractivity contribution in [2.24, 2.45) is 5.73 Å². The highest BCUT2D eigenvalue weighted by Gasteiger charge is 2.05. The summed E-state index contributed by atoms with van der Waals surface area (Å²) in [5.74, 6) is 0.604. The Kier molecular flexibility index (Phi) is 11.0. The maximum absolute atomic E-state index is 10.9. The Hall–Kier alpha value is -1.51. The summed E-state index contributed by atoms with van der Waals surface area (Å²) in [6.45, 7) is 2.26. The summed E-state index contributed by atoms with van der Waals surface area (Å²) in [5.41, 5.74) is 6.16. The van der Waals surface area contributed by atoms with Gasteiger partial charge in [0.2, 0.25) is 0 Å². The molecule has 1 rings (SSSR count). The maximum atomic E-state index is 10.9. The van der Waals surface area contributed by atoms with Gasteiger partial charge in [-0.05, 0) is 24.5 Å². The average Bonchev–Trinajstić information content (AvgIpc) is 2.53. The second-order valence-corrected chi connectivity index (χ2v) is 6.31. The molecule has 1 aromatic rings. The predicted molar refractivity (Wildman–Crippen MR) is 96.8 cm³/mol. The van der Waals surface area contributed by atoms with Crippen LogP contribution in [0.25, 0.3) is 0 Å². The number of rotatable bonds is 13. The molecule has 130 valence electrons. The van der Waals surface area contributed by atoms with Crippen molar-refractivity contribution in [2.45, 2.75) is 84.0 Å². The van der Waals surface area contributed by atoms with Gasteiger partial charge >= 0.3 is 6.09 Å². The van der Waals surface area contributed by atoms with Gasteiger partial charge < -0.3 is 10.5 Å². The molecule has 1 aromatic carbocycles. The molecule has 0 aliphatic heterocycles. The van der Waals surface area contributed by atoms with Gasteiger partial charge in [-0.1, -0.05) is 89.3 Å². The fraction of sp³-hybridized carbons (Fsp3) is 0.650. The molecule has 3 nitrogen and oxygen atoms in total. The zero-order chi connectivity index (χ0) is 16.8. The van der Waals surface area contributed by atoms with Crippen LogP contribution in [0.2, 0.25) is 0 Å². The van der Waals surface area contributed by atoms with E-state index in [0.29, 0.717) is 5.75 Å². The average molecular weight is 319 g/mol. The lowest BCUT2D eigenvalue weighted by molar-refractivity contribution is 0.210. The first-order valence-corrected chi connectivity index (χ1v) is 9.29. The summed E-state index contributed by atoms with van der Waals surface area (Å²) in [6, 6.07) is 7.65. The van der Waals surface area contributed by atoms with E-state index in [4.69, 9.17) is 10.5 Å². The van der Waals surface area contributed by atoms with Crippen LogP contribution in [-0.2, 0) is 6.42 Å². The van der Waals surface area contributed by atoms with Crippen LogP contribution in [0.1, 0.15) is 83.1 Å². The summed E-state index contributed by atoms with van der Waals surface area (Å²) in [7, 11) is 0. The number of ether oxygens (including phenoxy) is 1. The molecule has 0 bridgehead atoms. The summed E-state index contributed by atoms with van der Waals surface area (Å²) < 4.78 is 5.03. The predicted octanol–water partition coefficient (Wildman–Crippen LogP) is 6.00. The highest BCUT2D eigenvalue weighted by molar-refractivity contribution is 5.68. The molecule has 0 unspecified atom stereocenters. The summed E-state index contributed by atoms with van der Waals surface area (Å²) >= 11 is 0. The van der Waals surface area contributed by atoms with Crippen LogP contribution < -0.4 is 10.5 Å². The van der Waals surface area contributed by atoms with Crippen molar-refractivity contribution < 1.29 is 9.53 Å². The summed E-state index contributed by atoms with van der Waals surface area (Å²) in [6.07, 6.45) is 14.9. The molecule has 23 heavy (non-hydrogen) atoms. The number of hydrogen-bond donors (Lipinski definition) is 1. The molecular formula is C20H33NO2. The highest BCUT2D eigenvalue weighted by Crippen LogP contribution is 2.21. The van der Waals surface area contributed by atoms with Crippen molar-refractivity contribution in [1.82, 2.24) is 0 Å². The minimum atomic E-state index is -0.739. The smallest absolute Gasteiger partial charge is 0.409 e. The molecule has 3 heteroatoms. The molecule has 1 amide bonds. The van der Waals surface area contributed by atoms with Crippen LogP contribution in [0.4, 0.5) is 4.79 Å². The van der Waals surface area contributed by atoms with Gasteiger partial charge in [0.1, 0.15) is 5.75 Å². The fourth-order valence-electron chi connectivity index (χ4n) is 2.90. The van der Waals surface area contributed by atoms with Crippen LogP contribution in [0.5, 0.6) is 5.75 Å². The second kappa shape index (κ2) is 13.0. The number of carbonyl (C=O) groups excluding carboxylic acids is 1. The Morgan fingerprint density at radius 2 is 1.39 bits per heavy atom. The van der Waals surface area contributed by atoms with Crippen LogP contribution in [0.3, 0.4) is 0 Å². The number of amides is 1. The van der Waals surface area contributed by atoms with E-state index in [1.807, 2.05) is 18.2 Å². The SMILES string of the molecule is CCCCCCCCCCCCCc1ccccc1OC(N)=O. The van der Waals surface area contributed by atoms with Gasteiger partial charge in [-0.2, -0.15) is 0 Å². The van der Waals surface area contributed by atoms with Gasteiger partial charge in [0.15, 0.2) is 0 Å². The maximum Gasteiger partial charge on any atom is 0.409 e. The van der Waals surface area contributed by atoms with Gasteiger partial charge in [-0.25, -0.2) is 4.79 Å². The molecule has 0 aliphatic rings. The van der Waals surface area contributed by atoms with Crippen molar-refractivity contribution in [3.05, 3.63) is 29.8 Å². The number of nitrogens with two attached hydrogens (primary N) is 1. The molecule has 0 aliphatic carbocycles. The van der Waals surface area contributed by atoms with Crippen LogP contribution in [0, 0.1) is 0 Å². The second-order valence-electron chi connectivity index (χ2n) is 6.31. The molecule has 0 spiro atoms. The van der Waals surface area contributed by atoms with E-state index in [1.54, 1.807) is 6.07 Å². The molecule has 0 aromatic heterocycles. The van der Waals surface area contributed by atoms with E-state index in [9.17, 15) is 4.79 Å². The zero-order valence-electron chi connectivity index (χ0n) is 14.7. The molecule has 0 radical (unpaired) electrons. The third-order valence-electron chi connectivity index (χ3n) is 4.23. The van der Waals surface area contributed by atoms with E-state index in [1.165, 1.54) is 64.2 Å². The van der Waals surface area contributed by atoms with E-state index in [2.05, 4.69) is 6.92 Å². The Morgan fingerprint density at radius 1 is 0.870 bits per heavy atom. The lowest BCUT2D eigenvalue weighted by atomic mass is 10.0.